The molecule has 18 heavy (non-hydrogen) atoms. The van der Waals surface area contributed by atoms with Crippen LogP contribution in [-0.2, 0) is 6.54 Å². The van der Waals surface area contributed by atoms with Gasteiger partial charge in [-0.1, -0.05) is 26.0 Å². The van der Waals surface area contributed by atoms with Crippen LogP contribution in [0.5, 0.6) is 0 Å². The van der Waals surface area contributed by atoms with E-state index in [1.54, 1.807) is 12.1 Å². The van der Waals surface area contributed by atoms with Crippen molar-refractivity contribution in [1.29, 1.82) is 0 Å². The SMILES string of the molecule is CC(NC(=O)c1ccc(CN)cc1)C(C)(C)CO. The fourth-order valence-corrected chi connectivity index (χ4v) is 1.40. The van der Waals surface area contributed by atoms with E-state index in [-0.39, 0.29) is 24.0 Å². The van der Waals surface area contributed by atoms with E-state index >= 15 is 0 Å². The number of hydrogen-bond acceptors (Lipinski definition) is 3. The zero-order chi connectivity index (χ0) is 13.8. The molecular weight excluding hydrogens is 228 g/mol. The maximum absolute atomic E-state index is 12.0. The Balaban J connectivity index is 2.70. The summed E-state index contributed by atoms with van der Waals surface area (Å²) < 4.78 is 0. The highest BCUT2D eigenvalue weighted by atomic mass is 16.3. The van der Waals surface area contributed by atoms with Gasteiger partial charge in [0.25, 0.3) is 5.91 Å². The average molecular weight is 250 g/mol. The summed E-state index contributed by atoms with van der Waals surface area (Å²) in [5.41, 5.74) is 6.76. The van der Waals surface area contributed by atoms with Gasteiger partial charge < -0.3 is 16.2 Å². The van der Waals surface area contributed by atoms with Crippen molar-refractivity contribution in [2.24, 2.45) is 11.1 Å². The standard InChI is InChI=1S/C14H22N2O2/c1-10(14(2,3)9-17)16-13(18)12-6-4-11(8-15)5-7-12/h4-7,10,17H,8-9,15H2,1-3H3,(H,16,18). The van der Waals surface area contributed by atoms with Gasteiger partial charge in [-0.15, -0.1) is 0 Å². The first kappa shape index (κ1) is 14.7. The van der Waals surface area contributed by atoms with Crippen LogP contribution in [0.15, 0.2) is 24.3 Å². The molecule has 0 aromatic heterocycles. The Morgan fingerprint density at radius 3 is 2.39 bits per heavy atom. The summed E-state index contributed by atoms with van der Waals surface area (Å²) in [6.45, 7) is 6.21. The molecule has 1 unspecified atom stereocenters. The van der Waals surface area contributed by atoms with E-state index in [0.29, 0.717) is 12.1 Å². The molecule has 0 aliphatic carbocycles. The molecular formula is C14H22N2O2. The van der Waals surface area contributed by atoms with Crippen molar-refractivity contribution in [3.05, 3.63) is 35.4 Å². The van der Waals surface area contributed by atoms with Crippen molar-refractivity contribution >= 4 is 5.91 Å². The molecule has 0 heterocycles. The molecule has 1 aromatic rings. The van der Waals surface area contributed by atoms with Gasteiger partial charge >= 0.3 is 0 Å². The Morgan fingerprint density at radius 1 is 1.39 bits per heavy atom. The minimum Gasteiger partial charge on any atom is -0.396 e. The first-order chi connectivity index (χ1) is 8.40. The van der Waals surface area contributed by atoms with Crippen LogP contribution in [0.4, 0.5) is 0 Å². The maximum atomic E-state index is 12.0. The molecule has 4 heteroatoms. The van der Waals surface area contributed by atoms with Crippen LogP contribution in [0, 0.1) is 5.41 Å². The van der Waals surface area contributed by atoms with Crippen molar-refractivity contribution in [1.82, 2.24) is 5.32 Å². The topological polar surface area (TPSA) is 75.4 Å². The summed E-state index contributed by atoms with van der Waals surface area (Å²) in [5, 5.41) is 12.1. The third-order valence-corrected chi connectivity index (χ3v) is 3.38. The van der Waals surface area contributed by atoms with Crippen molar-refractivity contribution < 1.29 is 9.90 Å². The molecule has 0 saturated carbocycles. The summed E-state index contributed by atoms with van der Waals surface area (Å²) in [6, 6.07) is 7.10. The summed E-state index contributed by atoms with van der Waals surface area (Å²) in [6.07, 6.45) is 0. The zero-order valence-corrected chi connectivity index (χ0v) is 11.2. The van der Waals surface area contributed by atoms with E-state index in [0.717, 1.165) is 5.56 Å². The lowest BCUT2D eigenvalue weighted by molar-refractivity contribution is 0.0834. The predicted molar refractivity (Wildman–Crippen MR) is 72.1 cm³/mol. The third-order valence-electron chi connectivity index (χ3n) is 3.38. The molecule has 0 saturated heterocycles. The van der Waals surface area contributed by atoms with Gasteiger partial charge in [-0.2, -0.15) is 0 Å². The quantitative estimate of drug-likeness (QED) is 0.737. The average Bonchev–Trinajstić information content (AvgIpc) is 2.38. The number of aliphatic hydroxyl groups is 1. The van der Waals surface area contributed by atoms with Gasteiger partial charge in [-0.3, -0.25) is 4.79 Å². The number of nitrogens with two attached hydrogens (primary N) is 1. The molecule has 0 aliphatic heterocycles. The van der Waals surface area contributed by atoms with Gasteiger partial charge in [0.05, 0.1) is 6.61 Å². The van der Waals surface area contributed by atoms with Crippen molar-refractivity contribution in [2.75, 3.05) is 6.61 Å². The van der Waals surface area contributed by atoms with Crippen molar-refractivity contribution in [2.45, 2.75) is 33.4 Å². The lowest BCUT2D eigenvalue weighted by atomic mass is 9.86. The molecule has 0 bridgehead atoms. The van der Waals surface area contributed by atoms with E-state index in [9.17, 15) is 9.90 Å². The smallest absolute Gasteiger partial charge is 0.251 e. The van der Waals surface area contributed by atoms with Gasteiger partial charge in [0, 0.05) is 23.6 Å². The Labute approximate surface area is 108 Å². The minimum atomic E-state index is -0.340. The van der Waals surface area contributed by atoms with Gasteiger partial charge in [0.1, 0.15) is 0 Å². The third kappa shape index (κ3) is 3.55. The van der Waals surface area contributed by atoms with E-state index < -0.39 is 0 Å². The fourth-order valence-electron chi connectivity index (χ4n) is 1.40. The molecule has 0 radical (unpaired) electrons. The number of carbonyl (C=O) groups is 1. The Hall–Kier alpha value is -1.39. The number of rotatable bonds is 5. The molecule has 0 fully saturated rings. The number of aliphatic hydroxyl groups excluding tert-OH is 1. The summed E-state index contributed by atoms with van der Waals surface area (Å²) in [7, 11) is 0. The highest BCUT2D eigenvalue weighted by Gasteiger charge is 2.26. The second-order valence-electron chi connectivity index (χ2n) is 5.24. The summed E-state index contributed by atoms with van der Waals surface area (Å²) >= 11 is 0. The second kappa shape index (κ2) is 5.98. The highest BCUT2D eigenvalue weighted by Crippen LogP contribution is 2.19. The Morgan fingerprint density at radius 2 is 1.94 bits per heavy atom. The van der Waals surface area contributed by atoms with Crippen LogP contribution in [0.2, 0.25) is 0 Å². The Bertz CT molecular complexity index is 399. The van der Waals surface area contributed by atoms with Gasteiger partial charge in [0.15, 0.2) is 0 Å². The lowest BCUT2D eigenvalue weighted by Gasteiger charge is -2.30. The van der Waals surface area contributed by atoms with E-state index in [1.165, 1.54) is 0 Å². The van der Waals surface area contributed by atoms with E-state index in [2.05, 4.69) is 5.32 Å². The van der Waals surface area contributed by atoms with E-state index in [1.807, 2.05) is 32.9 Å². The van der Waals surface area contributed by atoms with Gasteiger partial charge in [-0.05, 0) is 24.6 Å². The van der Waals surface area contributed by atoms with Gasteiger partial charge in [-0.25, -0.2) is 0 Å². The second-order valence-corrected chi connectivity index (χ2v) is 5.24. The predicted octanol–water partition coefficient (Wildman–Crippen LogP) is 1.28. The first-order valence-corrected chi connectivity index (χ1v) is 6.11. The van der Waals surface area contributed by atoms with Crippen LogP contribution < -0.4 is 11.1 Å². The highest BCUT2D eigenvalue weighted by molar-refractivity contribution is 5.94. The van der Waals surface area contributed by atoms with Crippen molar-refractivity contribution in [3.8, 4) is 0 Å². The molecule has 100 valence electrons. The number of hydrogen-bond donors (Lipinski definition) is 3. The molecule has 1 rings (SSSR count). The van der Waals surface area contributed by atoms with Crippen LogP contribution in [0.1, 0.15) is 36.7 Å². The number of amides is 1. The monoisotopic (exact) mass is 250 g/mol. The molecule has 1 amide bonds. The van der Waals surface area contributed by atoms with Crippen LogP contribution >= 0.6 is 0 Å². The van der Waals surface area contributed by atoms with Crippen LogP contribution in [-0.4, -0.2) is 23.7 Å². The molecule has 0 spiro atoms. The molecule has 1 atom stereocenters. The normalized spacial score (nSPS) is 13.2. The number of carbonyl (C=O) groups excluding carboxylic acids is 1. The number of benzene rings is 1. The first-order valence-electron chi connectivity index (χ1n) is 6.11. The molecule has 0 aliphatic rings. The molecule has 4 N–H and O–H groups in total. The largest absolute Gasteiger partial charge is 0.396 e. The zero-order valence-electron chi connectivity index (χ0n) is 11.2. The van der Waals surface area contributed by atoms with Crippen molar-refractivity contribution in [3.63, 3.8) is 0 Å². The summed E-state index contributed by atoms with van der Waals surface area (Å²) in [4.78, 5) is 12.0. The van der Waals surface area contributed by atoms with Crippen LogP contribution in [0.25, 0.3) is 0 Å². The molecule has 4 nitrogen and oxygen atoms in total. The number of nitrogens with one attached hydrogen (secondary N) is 1. The minimum absolute atomic E-state index is 0.0283. The fraction of sp³-hybridized carbons (Fsp3) is 0.500. The lowest BCUT2D eigenvalue weighted by Crippen LogP contribution is -2.44. The maximum Gasteiger partial charge on any atom is 0.251 e. The van der Waals surface area contributed by atoms with Gasteiger partial charge in [0.2, 0.25) is 0 Å². The summed E-state index contributed by atoms with van der Waals surface area (Å²) in [5.74, 6) is -0.132. The van der Waals surface area contributed by atoms with E-state index in [4.69, 9.17) is 5.73 Å². The molecule has 1 aromatic carbocycles. The Kier molecular flexibility index (Phi) is 4.87. The van der Waals surface area contributed by atoms with Crippen LogP contribution in [0.3, 0.4) is 0 Å².